The summed E-state index contributed by atoms with van der Waals surface area (Å²) in [7, 11) is -3.73. The van der Waals surface area contributed by atoms with Crippen molar-refractivity contribution in [1.82, 2.24) is 9.62 Å². The van der Waals surface area contributed by atoms with E-state index in [9.17, 15) is 17.6 Å². The van der Waals surface area contributed by atoms with Crippen molar-refractivity contribution in [2.75, 3.05) is 6.54 Å². The van der Waals surface area contributed by atoms with Crippen molar-refractivity contribution in [3.8, 4) is 0 Å². The third-order valence-electron chi connectivity index (χ3n) is 4.35. The fourth-order valence-electron chi connectivity index (χ4n) is 2.95. The highest BCUT2D eigenvalue weighted by Crippen LogP contribution is 2.38. The van der Waals surface area contributed by atoms with Crippen LogP contribution in [0, 0.1) is 5.82 Å². The molecule has 5 nitrogen and oxygen atoms in total. The molecule has 7 heteroatoms. The van der Waals surface area contributed by atoms with Gasteiger partial charge in [-0.25, -0.2) is 12.8 Å². The molecule has 138 valence electrons. The molecule has 0 bridgehead atoms. The number of halogens is 1. The number of amides is 1. The number of nitrogens with one attached hydrogen (secondary N) is 1. The van der Waals surface area contributed by atoms with Crippen LogP contribution in [0.5, 0.6) is 0 Å². The van der Waals surface area contributed by atoms with Crippen LogP contribution in [-0.4, -0.2) is 31.2 Å². The molecule has 1 fully saturated rings. The van der Waals surface area contributed by atoms with Crippen LogP contribution >= 0.6 is 0 Å². The zero-order chi connectivity index (χ0) is 18.9. The summed E-state index contributed by atoms with van der Waals surface area (Å²) in [5.41, 5.74) is 1.06. The number of hydrogen-bond donors (Lipinski definition) is 1. The monoisotopic (exact) mass is 376 g/mol. The fourth-order valence-corrected chi connectivity index (χ4v) is 4.65. The first-order chi connectivity index (χ1) is 12.3. The zero-order valence-electron chi connectivity index (χ0n) is 14.6. The molecule has 1 aliphatic heterocycles. The van der Waals surface area contributed by atoms with Crippen molar-refractivity contribution < 1.29 is 17.6 Å². The second-order valence-electron chi connectivity index (χ2n) is 6.63. The molecule has 1 saturated heterocycles. The minimum Gasteiger partial charge on any atom is -0.350 e. The maximum atomic E-state index is 13.1. The predicted octanol–water partition coefficient (Wildman–Crippen LogP) is 3.10. The van der Waals surface area contributed by atoms with E-state index in [1.807, 2.05) is 13.8 Å². The molecule has 2 aromatic carbocycles. The van der Waals surface area contributed by atoms with Gasteiger partial charge in [-0.3, -0.25) is 4.79 Å². The normalized spacial score (nSPS) is 17.8. The van der Waals surface area contributed by atoms with Gasteiger partial charge in [-0.15, -0.1) is 0 Å². The van der Waals surface area contributed by atoms with Gasteiger partial charge in [-0.1, -0.05) is 18.2 Å². The highest BCUT2D eigenvalue weighted by Gasteiger charge is 2.39. The number of nitrogens with zero attached hydrogens (tertiary/aromatic N) is 1. The van der Waals surface area contributed by atoms with Gasteiger partial charge in [0.2, 0.25) is 10.0 Å². The molecule has 1 unspecified atom stereocenters. The number of benzene rings is 2. The highest BCUT2D eigenvalue weighted by atomic mass is 32.2. The molecular weight excluding hydrogens is 355 g/mol. The summed E-state index contributed by atoms with van der Waals surface area (Å²) in [6.07, 6.45) is 0.679. The Balaban J connectivity index is 1.86. The van der Waals surface area contributed by atoms with E-state index in [4.69, 9.17) is 0 Å². The molecule has 0 spiro atoms. The van der Waals surface area contributed by atoms with Crippen molar-refractivity contribution in [3.05, 3.63) is 65.5 Å². The van der Waals surface area contributed by atoms with E-state index in [2.05, 4.69) is 5.32 Å². The van der Waals surface area contributed by atoms with E-state index in [0.29, 0.717) is 18.5 Å². The Bertz CT molecular complexity index is 911. The third kappa shape index (κ3) is 3.64. The molecule has 2 aromatic rings. The summed E-state index contributed by atoms with van der Waals surface area (Å²) in [4.78, 5) is 12.2. The van der Waals surface area contributed by atoms with Crippen molar-refractivity contribution in [3.63, 3.8) is 0 Å². The molecule has 3 rings (SSSR count). The fraction of sp³-hybridized carbons (Fsp3) is 0.316. The largest absolute Gasteiger partial charge is 0.350 e. The van der Waals surface area contributed by atoms with Crippen molar-refractivity contribution in [2.45, 2.75) is 37.2 Å². The Kier molecular flexibility index (Phi) is 5.11. The van der Waals surface area contributed by atoms with Crippen molar-refractivity contribution in [2.24, 2.45) is 0 Å². The standard InChI is InChI=1S/C19H21FN2O3S/c1-13(2)21-19(23)15-4-3-5-17(12-15)26(24,25)22-11-10-18(22)14-6-8-16(20)9-7-14/h3-9,12-13,18H,10-11H2,1-2H3,(H,21,23). The molecule has 1 heterocycles. The first kappa shape index (κ1) is 18.5. The molecule has 26 heavy (non-hydrogen) atoms. The summed E-state index contributed by atoms with van der Waals surface area (Å²) in [5.74, 6) is -0.665. The first-order valence-electron chi connectivity index (χ1n) is 8.47. The number of carbonyl (C=O) groups excluding carboxylic acids is 1. The lowest BCUT2D eigenvalue weighted by molar-refractivity contribution is 0.0943. The summed E-state index contributed by atoms with van der Waals surface area (Å²) >= 11 is 0. The smallest absolute Gasteiger partial charge is 0.251 e. The Hall–Kier alpha value is -2.25. The van der Waals surface area contributed by atoms with Gasteiger partial charge in [0.15, 0.2) is 0 Å². The Morgan fingerprint density at radius 1 is 1.19 bits per heavy atom. The Labute approximate surface area is 152 Å². The molecule has 1 aliphatic rings. The molecular formula is C19H21FN2O3S. The van der Waals surface area contributed by atoms with Crippen LogP contribution in [0.1, 0.15) is 42.2 Å². The molecule has 0 aliphatic carbocycles. The summed E-state index contributed by atoms with van der Waals surface area (Å²) in [6.45, 7) is 4.07. The predicted molar refractivity (Wildman–Crippen MR) is 96.7 cm³/mol. The van der Waals surface area contributed by atoms with Crippen LogP contribution in [0.15, 0.2) is 53.4 Å². The average molecular weight is 376 g/mol. The SMILES string of the molecule is CC(C)NC(=O)c1cccc(S(=O)(=O)N2CCC2c2ccc(F)cc2)c1. The van der Waals surface area contributed by atoms with Gasteiger partial charge in [0.1, 0.15) is 5.82 Å². The quantitative estimate of drug-likeness (QED) is 0.872. The van der Waals surface area contributed by atoms with Gasteiger partial charge in [0, 0.05) is 18.2 Å². The van der Waals surface area contributed by atoms with Crippen LogP contribution in [0.2, 0.25) is 0 Å². The minimum absolute atomic E-state index is 0.0407. The first-order valence-corrected chi connectivity index (χ1v) is 9.91. The van der Waals surface area contributed by atoms with Crippen LogP contribution < -0.4 is 5.32 Å². The highest BCUT2D eigenvalue weighted by molar-refractivity contribution is 7.89. The van der Waals surface area contributed by atoms with Gasteiger partial charge in [-0.2, -0.15) is 4.31 Å². The number of hydrogen-bond acceptors (Lipinski definition) is 3. The van der Waals surface area contributed by atoms with Gasteiger partial charge < -0.3 is 5.32 Å². The number of carbonyl (C=O) groups is 1. The lowest BCUT2D eigenvalue weighted by Gasteiger charge is -2.40. The molecule has 0 radical (unpaired) electrons. The summed E-state index contributed by atoms with van der Waals surface area (Å²) in [5, 5.41) is 2.75. The molecule has 1 atom stereocenters. The van der Waals surface area contributed by atoms with E-state index in [1.54, 1.807) is 24.3 Å². The van der Waals surface area contributed by atoms with Gasteiger partial charge >= 0.3 is 0 Å². The minimum atomic E-state index is -3.73. The third-order valence-corrected chi connectivity index (χ3v) is 6.25. The van der Waals surface area contributed by atoms with E-state index in [1.165, 1.54) is 28.6 Å². The van der Waals surface area contributed by atoms with Crippen LogP contribution in [0.3, 0.4) is 0 Å². The van der Waals surface area contributed by atoms with Gasteiger partial charge in [0.25, 0.3) is 5.91 Å². The van der Waals surface area contributed by atoms with E-state index in [0.717, 1.165) is 5.56 Å². The van der Waals surface area contributed by atoms with Gasteiger partial charge in [0.05, 0.1) is 10.9 Å². The van der Waals surface area contributed by atoms with Crippen LogP contribution in [0.25, 0.3) is 0 Å². The summed E-state index contributed by atoms with van der Waals surface area (Å²) in [6, 6.07) is 11.6. The van der Waals surface area contributed by atoms with Crippen LogP contribution in [-0.2, 0) is 10.0 Å². The van der Waals surface area contributed by atoms with E-state index >= 15 is 0 Å². The average Bonchev–Trinajstić information content (AvgIpc) is 2.55. The topological polar surface area (TPSA) is 66.5 Å². The lowest BCUT2D eigenvalue weighted by atomic mass is 9.98. The number of sulfonamides is 1. The van der Waals surface area contributed by atoms with Gasteiger partial charge in [-0.05, 0) is 56.2 Å². The van der Waals surface area contributed by atoms with Crippen molar-refractivity contribution >= 4 is 15.9 Å². The van der Waals surface area contributed by atoms with Crippen molar-refractivity contribution in [1.29, 1.82) is 0 Å². The van der Waals surface area contributed by atoms with E-state index in [-0.39, 0.29) is 28.7 Å². The maximum Gasteiger partial charge on any atom is 0.251 e. The number of rotatable bonds is 5. The second kappa shape index (κ2) is 7.17. The zero-order valence-corrected chi connectivity index (χ0v) is 15.5. The van der Waals surface area contributed by atoms with E-state index < -0.39 is 10.0 Å². The second-order valence-corrected chi connectivity index (χ2v) is 8.52. The molecule has 0 aromatic heterocycles. The maximum absolute atomic E-state index is 13.1. The Morgan fingerprint density at radius 2 is 1.88 bits per heavy atom. The van der Waals surface area contributed by atoms with Crippen LogP contribution in [0.4, 0.5) is 4.39 Å². The lowest BCUT2D eigenvalue weighted by Crippen LogP contribution is -2.45. The molecule has 1 amide bonds. The summed E-state index contributed by atoms with van der Waals surface area (Å²) < 4.78 is 40.5. The Morgan fingerprint density at radius 3 is 2.46 bits per heavy atom. The molecule has 0 saturated carbocycles. The molecule has 1 N–H and O–H groups in total.